The molecule has 0 spiro atoms. The Balaban J connectivity index is 1.64. The summed E-state index contributed by atoms with van der Waals surface area (Å²) in [6.45, 7) is 2.72. The molecular formula is C20H17FN2O3. The zero-order chi connectivity index (χ0) is 18.4. The van der Waals surface area contributed by atoms with E-state index in [1.165, 1.54) is 12.1 Å². The van der Waals surface area contributed by atoms with Crippen LogP contribution in [0.2, 0.25) is 0 Å². The number of aromatic nitrogens is 1. The number of carboxylic acid groups (broad SMARTS) is 1. The van der Waals surface area contributed by atoms with Crippen LogP contribution in [0.3, 0.4) is 0 Å². The molecule has 0 saturated carbocycles. The maximum atomic E-state index is 13.6. The van der Waals surface area contributed by atoms with E-state index < -0.39 is 5.97 Å². The van der Waals surface area contributed by atoms with E-state index in [1.54, 1.807) is 30.0 Å². The molecule has 0 atom stereocenters. The number of amides is 1. The van der Waals surface area contributed by atoms with Crippen molar-refractivity contribution in [3.8, 4) is 0 Å². The van der Waals surface area contributed by atoms with Gasteiger partial charge in [-0.2, -0.15) is 0 Å². The van der Waals surface area contributed by atoms with Crippen LogP contribution >= 0.6 is 0 Å². The molecule has 2 N–H and O–H groups in total. The number of nitrogens with zero attached hydrogens (tertiary/aromatic N) is 1. The molecular weight excluding hydrogens is 335 g/mol. The Morgan fingerprint density at radius 1 is 1.15 bits per heavy atom. The number of aryl methyl sites for hydroxylation is 1. The van der Waals surface area contributed by atoms with Crippen LogP contribution in [0.25, 0.3) is 10.9 Å². The minimum Gasteiger partial charge on any atom is -0.478 e. The van der Waals surface area contributed by atoms with E-state index in [4.69, 9.17) is 5.11 Å². The molecule has 1 aromatic heterocycles. The van der Waals surface area contributed by atoms with E-state index in [-0.39, 0.29) is 17.3 Å². The maximum Gasteiger partial charge on any atom is 0.335 e. The number of aromatic amines is 1. The standard InChI is InChI=1S/C20H17FN2O3/c1-11-6-15(21)8-17-16(11)9-18(22-17)19(24)23-5-4-12-2-3-13(20(25)26)7-14(12)10-23/h2-3,6-9,22H,4-5,10H2,1H3,(H,25,26). The molecule has 2 aromatic carbocycles. The molecule has 3 aromatic rings. The van der Waals surface area contributed by atoms with Gasteiger partial charge in [0.05, 0.1) is 5.56 Å². The van der Waals surface area contributed by atoms with E-state index in [0.29, 0.717) is 30.7 Å². The molecule has 0 bridgehead atoms. The molecule has 1 amide bonds. The quantitative estimate of drug-likeness (QED) is 0.741. The van der Waals surface area contributed by atoms with Crippen LogP contribution in [0.5, 0.6) is 0 Å². The first kappa shape index (κ1) is 16.3. The molecule has 0 radical (unpaired) electrons. The fourth-order valence-corrected chi connectivity index (χ4v) is 3.52. The molecule has 6 heteroatoms. The molecule has 132 valence electrons. The van der Waals surface area contributed by atoms with Crippen LogP contribution in [0.1, 0.15) is 37.5 Å². The average molecular weight is 352 g/mol. The fourth-order valence-electron chi connectivity index (χ4n) is 3.52. The minimum absolute atomic E-state index is 0.174. The molecule has 0 fully saturated rings. The SMILES string of the molecule is Cc1cc(F)cc2[nH]c(C(=O)N3CCc4ccc(C(=O)O)cc4C3)cc12. The summed E-state index contributed by atoms with van der Waals surface area (Å²) in [5, 5.41) is 9.97. The second kappa shape index (κ2) is 5.98. The Labute approximate surface area is 149 Å². The van der Waals surface area contributed by atoms with Crippen molar-refractivity contribution in [3.05, 3.63) is 70.2 Å². The van der Waals surface area contributed by atoms with Crippen molar-refractivity contribution in [1.82, 2.24) is 9.88 Å². The summed E-state index contributed by atoms with van der Waals surface area (Å²) in [4.78, 5) is 28.7. The van der Waals surface area contributed by atoms with E-state index in [0.717, 1.165) is 22.1 Å². The molecule has 1 aliphatic heterocycles. The number of aromatic carboxylic acids is 1. The number of halogens is 1. The van der Waals surface area contributed by atoms with Gasteiger partial charge in [-0.1, -0.05) is 6.07 Å². The fraction of sp³-hybridized carbons (Fsp3) is 0.200. The first-order chi connectivity index (χ1) is 12.4. The molecule has 0 saturated heterocycles. The molecule has 2 heterocycles. The normalized spacial score (nSPS) is 13.7. The van der Waals surface area contributed by atoms with Crippen LogP contribution in [0.4, 0.5) is 4.39 Å². The van der Waals surface area contributed by atoms with Gasteiger partial charge < -0.3 is 15.0 Å². The van der Waals surface area contributed by atoms with Crippen LogP contribution in [0.15, 0.2) is 36.4 Å². The van der Waals surface area contributed by atoms with Gasteiger partial charge in [0, 0.05) is 24.0 Å². The van der Waals surface area contributed by atoms with Crippen molar-refractivity contribution in [2.24, 2.45) is 0 Å². The third-order valence-corrected chi connectivity index (χ3v) is 4.89. The number of hydrogen-bond acceptors (Lipinski definition) is 2. The molecule has 4 rings (SSSR count). The number of H-pyrrole nitrogens is 1. The predicted molar refractivity (Wildman–Crippen MR) is 94.8 cm³/mol. The Morgan fingerprint density at radius 3 is 2.73 bits per heavy atom. The highest BCUT2D eigenvalue weighted by Gasteiger charge is 2.24. The summed E-state index contributed by atoms with van der Waals surface area (Å²) < 4.78 is 13.6. The topological polar surface area (TPSA) is 73.4 Å². The zero-order valence-corrected chi connectivity index (χ0v) is 14.2. The van der Waals surface area contributed by atoms with Gasteiger partial charge in [0.25, 0.3) is 5.91 Å². The summed E-state index contributed by atoms with van der Waals surface area (Å²) in [5.74, 6) is -1.50. The number of carbonyl (C=O) groups excluding carboxylic acids is 1. The van der Waals surface area contributed by atoms with Gasteiger partial charge in [0.1, 0.15) is 11.5 Å². The van der Waals surface area contributed by atoms with Gasteiger partial charge in [-0.05, 0) is 60.4 Å². The summed E-state index contributed by atoms with van der Waals surface area (Å²) >= 11 is 0. The summed E-state index contributed by atoms with van der Waals surface area (Å²) in [6.07, 6.45) is 0.675. The van der Waals surface area contributed by atoms with Gasteiger partial charge >= 0.3 is 5.97 Å². The van der Waals surface area contributed by atoms with E-state index in [2.05, 4.69) is 4.98 Å². The highest BCUT2D eigenvalue weighted by Crippen LogP contribution is 2.25. The number of fused-ring (bicyclic) bond motifs is 2. The lowest BCUT2D eigenvalue weighted by Gasteiger charge is -2.28. The zero-order valence-electron chi connectivity index (χ0n) is 14.2. The van der Waals surface area contributed by atoms with E-state index in [9.17, 15) is 14.0 Å². The van der Waals surface area contributed by atoms with Crippen molar-refractivity contribution < 1.29 is 19.1 Å². The monoisotopic (exact) mass is 352 g/mol. The lowest BCUT2D eigenvalue weighted by atomic mass is 9.97. The lowest BCUT2D eigenvalue weighted by Crippen LogP contribution is -2.36. The second-order valence-corrected chi connectivity index (χ2v) is 6.63. The largest absolute Gasteiger partial charge is 0.478 e. The highest BCUT2D eigenvalue weighted by atomic mass is 19.1. The average Bonchev–Trinajstić information content (AvgIpc) is 3.04. The lowest BCUT2D eigenvalue weighted by molar-refractivity contribution is 0.0696. The smallest absolute Gasteiger partial charge is 0.335 e. The number of benzene rings is 2. The number of rotatable bonds is 2. The summed E-state index contributed by atoms with van der Waals surface area (Å²) in [5.41, 5.74) is 3.90. The van der Waals surface area contributed by atoms with Crippen LogP contribution in [0, 0.1) is 12.7 Å². The Kier molecular flexibility index (Phi) is 3.76. The van der Waals surface area contributed by atoms with Crippen molar-refractivity contribution >= 4 is 22.8 Å². The van der Waals surface area contributed by atoms with Crippen LogP contribution in [-0.4, -0.2) is 33.4 Å². The predicted octanol–water partition coefficient (Wildman–Crippen LogP) is 3.51. The van der Waals surface area contributed by atoms with Gasteiger partial charge in [-0.3, -0.25) is 4.79 Å². The third-order valence-electron chi connectivity index (χ3n) is 4.89. The van der Waals surface area contributed by atoms with Gasteiger partial charge in [0.2, 0.25) is 0 Å². The van der Waals surface area contributed by atoms with Crippen molar-refractivity contribution in [1.29, 1.82) is 0 Å². The second-order valence-electron chi connectivity index (χ2n) is 6.63. The minimum atomic E-state index is -0.982. The number of nitrogens with one attached hydrogen (secondary N) is 1. The van der Waals surface area contributed by atoms with Crippen molar-refractivity contribution in [3.63, 3.8) is 0 Å². The number of hydrogen-bond donors (Lipinski definition) is 2. The van der Waals surface area contributed by atoms with Gasteiger partial charge in [0.15, 0.2) is 0 Å². The van der Waals surface area contributed by atoms with Crippen molar-refractivity contribution in [2.75, 3.05) is 6.54 Å². The number of carbonyl (C=O) groups is 2. The van der Waals surface area contributed by atoms with Gasteiger partial charge in [-0.25, -0.2) is 9.18 Å². The van der Waals surface area contributed by atoms with Crippen LogP contribution < -0.4 is 0 Å². The first-order valence-corrected chi connectivity index (χ1v) is 8.35. The Hall–Kier alpha value is -3.15. The molecule has 26 heavy (non-hydrogen) atoms. The van der Waals surface area contributed by atoms with Crippen molar-refractivity contribution in [2.45, 2.75) is 19.9 Å². The molecule has 0 aliphatic carbocycles. The first-order valence-electron chi connectivity index (χ1n) is 8.35. The molecule has 0 unspecified atom stereocenters. The summed E-state index contributed by atoms with van der Waals surface area (Å²) in [6, 6.07) is 9.60. The summed E-state index contributed by atoms with van der Waals surface area (Å²) in [7, 11) is 0. The Bertz CT molecular complexity index is 1050. The molecule has 1 aliphatic rings. The van der Waals surface area contributed by atoms with Gasteiger partial charge in [-0.15, -0.1) is 0 Å². The third kappa shape index (κ3) is 2.73. The highest BCUT2D eigenvalue weighted by molar-refractivity contribution is 5.99. The van der Waals surface area contributed by atoms with E-state index >= 15 is 0 Å². The molecule has 5 nitrogen and oxygen atoms in total. The van der Waals surface area contributed by atoms with E-state index in [1.807, 2.05) is 6.07 Å². The number of carboxylic acids is 1. The maximum absolute atomic E-state index is 13.6. The Morgan fingerprint density at radius 2 is 1.96 bits per heavy atom. The van der Waals surface area contributed by atoms with Crippen LogP contribution in [-0.2, 0) is 13.0 Å².